The van der Waals surface area contributed by atoms with Crippen LogP contribution < -0.4 is 11.1 Å². The Hall–Kier alpha value is -4.36. The van der Waals surface area contributed by atoms with Crippen LogP contribution in [0.4, 0.5) is 4.79 Å². The van der Waals surface area contributed by atoms with Crippen molar-refractivity contribution in [1.29, 1.82) is 10.5 Å². The van der Waals surface area contributed by atoms with Crippen molar-refractivity contribution in [1.82, 2.24) is 9.88 Å². The second-order valence-corrected chi connectivity index (χ2v) is 6.36. The highest BCUT2D eigenvalue weighted by molar-refractivity contribution is 6.10. The predicted molar refractivity (Wildman–Crippen MR) is 108 cm³/mol. The Morgan fingerprint density at radius 1 is 1.14 bits per heavy atom. The number of carbonyl (C=O) groups excluding carboxylic acids is 2. The van der Waals surface area contributed by atoms with Gasteiger partial charge < -0.3 is 10.3 Å². The van der Waals surface area contributed by atoms with E-state index in [1.165, 1.54) is 6.08 Å². The summed E-state index contributed by atoms with van der Waals surface area (Å²) in [6.45, 7) is 2.33. The van der Waals surface area contributed by atoms with E-state index in [1.807, 2.05) is 65.3 Å². The Kier molecular flexibility index (Phi) is 5.43. The molecule has 7 heteroatoms. The van der Waals surface area contributed by atoms with Crippen molar-refractivity contribution in [2.24, 2.45) is 5.73 Å². The van der Waals surface area contributed by atoms with E-state index in [9.17, 15) is 20.1 Å². The molecule has 1 heterocycles. The maximum atomic E-state index is 12.1. The minimum absolute atomic E-state index is 0.229. The molecule has 0 atom stereocenters. The molecule has 0 radical (unpaired) electrons. The summed E-state index contributed by atoms with van der Waals surface area (Å²) in [5.74, 6) is -0.856. The highest BCUT2D eigenvalue weighted by atomic mass is 16.2. The van der Waals surface area contributed by atoms with E-state index in [1.54, 1.807) is 6.07 Å². The summed E-state index contributed by atoms with van der Waals surface area (Å²) in [5.41, 5.74) is 8.60. The summed E-state index contributed by atoms with van der Waals surface area (Å²) in [4.78, 5) is 23.0. The van der Waals surface area contributed by atoms with Crippen molar-refractivity contribution >= 4 is 28.9 Å². The molecule has 0 unspecified atom stereocenters. The largest absolute Gasteiger partial charge is 0.351 e. The van der Waals surface area contributed by atoms with Gasteiger partial charge in [-0.1, -0.05) is 36.4 Å². The lowest BCUT2D eigenvalue weighted by Crippen LogP contribution is -2.35. The molecule has 0 aliphatic heterocycles. The molecule has 0 saturated carbocycles. The number of rotatable bonds is 4. The summed E-state index contributed by atoms with van der Waals surface area (Å²) in [7, 11) is 0. The van der Waals surface area contributed by atoms with Gasteiger partial charge in [-0.25, -0.2) is 4.79 Å². The number of aromatic nitrogens is 1. The van der Waals surface area contributed by atoms with Crippen LogP contribution in [0.5, 0.6) is 0 Å². The molecular formula is C22H17N5O2. The Labute approximate surface area is 167 Å². The van der Waals surface area contributed by atoms with Gasteiger partial charge in [-0.05, 0) is 30.7 Å². The molecule has 142 valence electrons. The summed E-state index contributed by atoms with van der Waals surface area (Å²) in [6, 6.07) is 17.9. The molecule has 0 fully saturated rings. The number of imide groups is 1. The van der Waals surface area contributed by atoms with E-state index in [0.29, 0.717) is 17.7 Å². The lowest BCUT2D eigenvalue weighted by Gasteiger charge is -2.10. The number of urea groups is 1. The molecule has 3 N–H and O–H groups in total. The second-order valence-electron chi connectivity index (χ2n) is 6.36. The molecule has 7 nitrogen and oxygen atoms in total. The zero-order chi connectivity index (χ0) is 21.0. The topological polar surface area (TPSA) is 125 Å². The first kappa shape index (κ1) is 19.4. The fraction of sp³-hybridized carbons (Fsp3) is 0.0909. The van der Waals surface area contributed by atoms with Crippen LogP contribution in [0.1, 0.15) is 22.4 Å². The molecule has 2 aromatic carbocycles. The van der Waals surface area contributed by atoms with Crippen LogP contribution in [-0.2, 0) is 11.3 Å². The normalized spacial score (nSPS) is 10.9. The summed E-state index contributed by atoms with van der Waals surface area (Å²) in [5, 5.41) is 21.5. The van der Waals surface area contributed by atoms with Crippen LogP contribution in [0, 0.1) is 29.6 Å². The van der Waals surface area contributed by atoms with Gasteiger partial charge in [0.1, 0.15) is 11.6 Å². The Morgan fingerprint density at radius 3 is 2.52 bits per heavy atom. The Bertz CT molecular complexity index is 1240. The number of hydrogen-bond donors (Lipinski definition) is 2. The summed E-state index contributed by atoms with van der Waals surface area (Å²) in [6.07, 6.45) is 1.45. The number of fused-ring (bicyclic) bond motifs is 1. The Balaban J connectivity index is 2.16. The number of primary amides is 1. The first-order valence-corrected chi connectivity index (χ1v) is 8.74. The quantitative estimate of drug-likeness (QED) is 0.531. The first-order chi connectivity index (χ1) is 14.0. The standard InChI is InChI=1S/C22H17N5O2/c1-14-19(10-17(12-24)21(28)26-22(25)29)18-8-4-5-9-20(18)27(14)13-16-7-3-2-6-15(16)11-23/h2-10H,13H2,1H3,(H3,25,26,28,29)/b17-10-. The maximum absolute atomic E-state index is 12.1. The number of nitriles is 2. The lowest BCUT2D eigenvalue weighted by atomic mass is 10.1. The molecule has 0 saturated heterocycles. The van der Waals surface area contributed by atoms with E-state index >= 15 is 0 Å². The molecule has 0 aliphatic carbocycles. The SMILES string of the molecule is Cc1c(/C=C(/C#N)C(=O)NC(N)=O)c2ccccc2n1Cc1ccccc1C#N. The minimum Gasteiger partial charge on any atom is -0.351 e. The van der Waals surface area contributed by atoms with E-state index in [0.717, 1.165) is 22.2 Å². The smallest absolute Gasteiger partial charge is 0.319 e. The third kappa shape index (κ3) is 3.85. The van der Waals surface area contributed by atoms with Gasteiger partial charge in [0, 0.05) is 28.7 Å². The Morgan fingerprint density at radius 2 is 1.83 bits per heavy atom. The van der Waals surface area contributed by atoms with Crippen LogP contribution >= 0.6 is 0 Å². The number of para-hydroxylation sites is 1. The fourth-order valence-electron chi connectivity index (χ4n) is 3.25. The van der Waals surface area contributed by atoms with Crippen molar-refractivity contribution in [3.63, 3.8) is 0 Å². The van der Waals surface area contributed by atoms with Crippen LogP contribution in [0.15, 0.2) is 54.1 Å². The number of nitrogens with zero attached hydrogens (tertiary/aromatic N) is 3. The molecule has 0 aliphatic rings. The van der Waals surface area contributed by atoms with E-state index in [4.69, 9.17) is 5.73 Å². The van der Waals surface area contributed by atoms with Crippen LogP contribution in [-0.4, -0.2) is 16.5 Å². The molecule has 3 rings (SSSR count). The third-order valence-corrected chi connectivity index (χ3v) is 4.64. The van der Waals surface area contributed by atoms with Gasteiger partial charge in [0.2, 0.25) is 0 Å². The van der Waals surface area contributed by atoms with Crippen molar-refractivity contribution < 1.29 is 9.59 Å². The maximum Gasteiger partial charge on any atom is 0.319 e. The van der Waals surface area contributed by atoms with Crippen molar-refractivity contribution in [3.05, 3.63) is 76.5 Å². The second kappa shape index (κ2) is 8.12. The molecule has 0 bridgehead atoms. The zero-order valence-corrected chi connectivity index (χ0v) is 15.6. The van der Waals surface area contributed by atoms with Gasteiger partial charge in [0.25, 0.3) is 5.91 Å². The summed E-state index contributed by atoms with van der Waals surface area (Å²) >= 11 is 0. The fourth-order valence-corrected chi connectivity index (χ4v) is 3.25. The van der Waals surface area contributed by atoms with E-state index in [-0.39, 0.29) is 5.57 Å². The number of nitrogens with one attached hydrogen (secondary N) is 1. The lowest BCUT2D eigenvalue weighted by molar-refractivity contribution is -0.115. The summed E-state index contributed by atoms with van der Waals surface area (Å²) < 4.78 is 2.03. The van der Waals surface area contributed by atoms with Crippen molar-refractivity contribution in [2.75, 3.05) is 0 Å². The first-order valence-electron chi connectivity index (χ1n) is 8.74. The molecular weight excluding hydrogens is 366 g/mol. The average Bonchev–Trinajstić information content (AvgIpc) is 2.97. The number of benzene rings is 2. The van der Waals surface area contributed by atoms with Crippen LogP contribution in [0.3, 0.4) is 0 Å². The van der Waals surface area contributed by atoms with Gasteiger partial charge in [-0.3, -0.25) is 10.1 Å². The van der Waals surface area contributed by atoms with Gasteiger partial charge in [0.05, 0.1) is 11.6 Å². The van der Waals surface area contributed by atoms with Crippen LogP contribution in [0.2, 0.25) is 0 Å². The third-order valence-electron chi connectivity index (χ3n) is 4.64. The number of carbonyl (C=O) groups is 2. The van der Waals surface area contributed by atoms with Crippen molar-refractivity contribution in [2.45, 2.75) is 13.5 Å². The van der Waals surface area contributed by atoms with Gasteiger partial charge in [-0.15, -0.1) is 0 Å². The van der Waals surface area contributed by atoms with Gasteiger partial charge in [-0.2, -0.15) is 10.5 Å². The highest BCUT2D eigenvalue weighted by Gasteiger charge is 2.17. The molecule has 3 amide bonds. The molecule has 0 spiro atoms. The van der Waals surface area contributed by atoms with Gasteiger partial charge >= 0.3 is 6.03 Å². The molecule has 1 aromatic heterocycles. The number of hydrogen-bond acceptors (Lipinski definition) is 4. The number of amides is 3. The van der Waals surface area contributed by atoms with Gasteiger partial charge in [0.15, 0.2) is 0 Å². The van der Waals surface area contributed by atoms with E-state index in [2.05, 4.69) is 6.07 Å². The zero-order valence-electron chi connectivity index (χ0n) is 15.6. The van der Waals surface area contributed by atoms with E-state index < -0.39 is 11.9 Å². The minimum atomic E-state index is -1.02. The predicted octanol–water partition coefficient (Wildman–Crippen LogP) is 2.97. The van der Waals surface area contributed by atoms with Crippen molar-refractivity contribution in [3.8, 4) is 12.1 Å². The van der Waals surface area contributed by atoms with Crippen LogP contribution in [0.25, 0.3) is 17.0 Å². The average molecular weight is 383 g/mol. The number of nitrogens with two attached hydrogens (primary N) is 1. The molecule has 29 heavy (non-hydrogen) atoms. The monoisotopic (exact) mass is 383 g/mol. The highest BCUT2D eigenvalue weighted by Crippen LogP contribution is 2.29. The molecule has 3 aromatic rings.